The quantitative estimate of drug-likeness (QED) is 0.687. The molecule has 0 radical (unpaired) electrons. The van der Waals surface area contributed by atoms with Gasteiger partial charge in [0.25, 0.3) is 0 Å². The Morgan fingerprint density at radius 3 is 2.54 bits per heavy atom. The Hall–Kier alpha value is -0.930. The number of hydrogen-bond acceptors (Lipinski definition) is 5. The fourth-order valence-electron chi connectivity index (χ4n) is 3.13. The number of pyridine rings is 1. The largest absolute Gasteiger partial charge is 0.351 e. The van der Waals surface area contributed by atoms with Gasteiger partial charge in [0.05, 0.1) is 6.54 Å². The molecule has 1 aromatic heterocycles. The molecular formula is C16H28Cl2N4O3S. The average molecular weight is 427 g/mol. The number of halogens is 2. The SMILES string of the molecule is CN(CC(=O)NC(CN)C1CCCCC1)S(=O)(=O)c1cccnc1.Cl.Cl. The van der Waals surface area contributed by atoms with E-state index in [9.17, 15) is 13.2 Å². The number of likely N-dealkylation sites (N-methyl/N-ethyl adjacent to an activating group) is 1. The number of nitrogens with zero attached hydrogens (tertiary/aromatic N) is 2. The summed E-state index contributed by atoms with van der Waals surface area (Å²) >= 11 is 0. The van der Waals surface area contributed by atoms with Gasteiger partial charge in [0.1, 0.15) is 4.90 Å². The minimum atomic E-state index is -3.72. The molecule has 1 heterocycles. The summed E-state index contributed by atoms with van der Waals surface area (Å²) in [7, 11) is -2.33. The fourth-order valence-corrected chi connectivity index (χ4v) is 4.22. The number of sulfonamides is 1. The van der Waals surface area contributed by atoms with Crippen LogP contribution in [-0.4, -0.2) is 49.8 Å². The van der Waals surface area contributed by atoms with Gasteiger partial charge < -0.3 is 11.1 Å². The first-order valence-electron chi connectivity index (χ1n) is 8.31. The number of nitrogens with one attached hydrogen (secondary N) is 1. The third-order valence-corrected chi connectivity index (χ3v) is 6.31. The zero-order chi connectivity index (χ0) is 17.6. The Morgan fingerprint density at radius 1 is 1.35 bits per heavy atom. The lowest BCUT2D eigenvalue weighted by Gasteiger charge is -2.30. The van der Waals surface area contributed by atoms with Crippen molar-refractivity contribution in [3.63, 3.8) is 0 Å². The zero-order valence-electron chi connectivity index (χ0n) is 14.8. The molecule has 26 heavy (non-hydrogen) atoms. The zero-order valence-corrected chi connectivity index (χ0v) is 17.3. The van der Waals surface area contributed by atoms with E-state index in [0.717, 1.165) is 30.0 Å². The molecule has 0 spiro atoms. The van der Waals surface area contributed by atoms with Crippen molar-refractivity contribution < 1.29 is 13.2 Å². The van der Waals surface area contributed by atoms with E-state index in [1.165, 1.54) is 31.9 Å². The highest BCUT2D eigenvalue weighted by Crippen LogP contribution is 2.26. The van der Waals surface area contributed by atoms with Crippen molar-refractivity contribution in [1.82, 2.24) is 14.6 Å². The topological polar surface area (TPSA) is 105 Å². The second-order valence-corrected chi connectivity index (χ2v) is 8.30. The van der Waals surface area contributed by atoms with Crippen LogP contribution in [0, 0.1) is 5.92 Å². The van der Waals surface area contributed by atoms with Crippen LogP contribution in [0.3, 0.4) is 0 Å². The lowest BCUT2D eigenvalue weighted by molar-refractivity contribution is -0.122. The van der Waals surface area contributed by atoms with Crippen LogP contribution in [0.5, 0.6) is 0 Å². The van der Waals surface area contributed by atoms with Crippen LogP contribution < -0.4 is 11.1 Å². The highest BCUT2D eigenvalue weighted by molar-refractivity contribution is 7.89. The van der Waals surface area contributed by atoms with Crippen LogP contribution in [0.2, 0.25) is 0 Å². The Labute approximate surface area is 168 Å². The minimum absolute atomic E-state index is 0. The first-order valence-corrected chi connectivity index (χ1v) is 9.75. The molecule has 150 valence electrons. The molecule has 2 rings (SSSR count). The predicted molar refractivity (Wildman–Crippen MR) is 106 cm³/mol. The molecule has 3 N–H and O–H groups in total. The summed E-state index contributed by atoms with van der Waals surface area (Å²) in [5, 5.41) is 2.91. The smallest absolute Gasteiger partial charge is 0.244 e. The monoisotopic (exact) mass is 426 g/mol. The number of carbonyl (C=O) groups excluding carboxylic acids is 1. The van der Waals surface area contributed by atoms with Crippen LogP contribution in [0.25, 0.3) is 0 Å². The van der Waals surface area contributed by atoms with Crippen molar-refractivity contribution in [1.29, 1.82) is 0 Å². The van der Waals surface area contributed by atoms with Gasteiger partial charge in [-0.3, -0.25) is 9.78 Å². The summed E-state index contributed by atoms with van der Waals surface area (Å²) in [4.78, 5) is 16.1. The molecule has 10 heteroatoms. The third-order valence-electron chi connectivity index (χ3n) is 4.53. The van der Waals surface area contributed by atoms with E-state index in [1.54, 1.807) is 6.07 Å². The standard InChI is InChI=1S/C16H26N4O3S.2ClH/c1-20(24(22,23)14-8-5-9-18-11-14)12-16(21)19-15(10-17)13-6-3-2-4-7-13;;/h5,8-9,11,13,15H,2-4,6-7,10,12,17H2,1H3,(H,19,21);2*1H. The number of amides is 1. The molecule has 0 saturated heterocycles. The maximum absolute atomic E-state index is 12.4. The number of rotatable bonds is 7. The van der Waals surface area contributed by atoms with Gasteiger partial charge in [0.2, 0.25) is 15.9 Å². The molecule has 0 aromatic carbocycles. The van der Waals surface area contributed by atoms with Crippen LogP contribution in [0.15, 0.2) is 29.4 Å². The van der Waals surface area contributed by atoms with Crippen molar-refractivity contribution in [2.45, 2.75) is 43.0 Å². The van der Waals surface area contributed by atoms with Gasteiger partial charge in [-0.2, -0.15) is 4.31 Å². The van der Waals surface area contributed by atoms with Crippen molar-refractivity contribution in [2.75, 3.05) is 20.1 Å². The van der Waals surface area contributed by atoms with Crippen LogP contribution in [0.4, 0.5) is 0 Å². The average Bonchev–Trinajstić information content (AvgIpc) is 2.61. The van der Waals surface area contributed by atoms with Crippen molar-refractivity contribution in [3.05, 3.63) is 24.5 Å². The van der Waals surface area contributed by atoms with Gasteiger partial charge in [0, 0.05) is 32.0 Å². The van der Waals surface area contributed by atoms with Crippen molar-refractivity contribution >= 4 is 40.7 Å². The van der Waals surface area contributed by atoms with E-state index in [2.05, 4.69) is 10.3 Å². The number of nitrogens with two attached hydrogens (primary N) is 1. The minimum Gasteiger partial charge on any atom is -0.351 e. The van der Waals surface area contributed by atoms with Gasteiger partial charge in [-0.15, -0.1) is 24.8 Å². The Kier molecular flexibility index (Phi) is 11.3. The Morgan fingerprint density at radius 2 is 2.00 bits per heavy atom. The lowest BCUT2D eigenvalue weighted by atomic mass is 9.84. The van der Waals surface area contributed by atoms with Gasteiger partial charge in [-0.1, -0.05) is 19.3 Å². The first-order chi connectivity index (χ1) is 11.4. The molecule has 0 bridgehead atoms. The van der Waals surface area contributed by atoms with E-state index >= 15 is 0 Å². The van der Waals surface area contributed by atoms with Crippen LogP contribution in [0.1, 0.15) is 32.1 Å². The second kappa shape index (κ2) is 11.7. The molecule has 7 nitrogen and oxygen atoms in total. The molecule has 1 unspecified atom stereocenters. The third kappa shape index (κ3) is 6.66. The molecule has 1 atom stereocenters. The van der Waals surface area contributed by atoms with Crippen molar-refractivity contribution in [3.8, 4) is 0 Å². The summed E-state index contributed by atoms with van der Waals surface area (Å²) in [6.45, 7) is 0.135. The summed E-state index contributed by atoms with van der Waals surface area (Å²) in [5.41, 5.74) is 5.80. The molecule has 1 aromatic rings. The molecule has 0 aliphatic heterocycles. The number of aromatic nitrogens is 1. The number of carbonyl (C=O) groups is 1. The van der Waals surface area contributed by atoms with Gasteiger partial charge in [0.15, 0.2) is 0 Å². The summed E-state index contributed by atoms with van der Waals surface area (Å²) in [5.74, 6) is 0.0546. The Bertz CT molecular complexity index is 640. The maximum atomic E-state index is 12.4. The second-order valence-electron chi connectivity index (χ2n) is 6.26. The molecule has 1 amide bonds. The highest BCUT2D eigenvalue weighted by atomic mass is 35.5. The van der Waals surface area contributed by atoms with Crippen LogP contribution in [-0.2, 0) is 14.8 Å². The first kappa shape index (κ1) is 25.1. The molecule has 1 aliphatic carbocycles. The summed E-state index contributed by atoms with van der Waals surface area (Å²) < 4.78 is 25.8. The van der Waals surface area contributed by atoms with E-state index in [-0.39, 0.29) is 48.2 Å². The fraction of sp³-hybridized carbons (Fsp3) is 0.625. The van der Waals surface area contributed by atoms with E-state index in [4.69, 9.17) is 5.73 Å². The van der Waals surface area contributed by atoms with Crippen LogP contribution >= 0.6 is 24.8 Å². The van der Waals surface area contributed by atoms with Gasteiger partial charge in [-0.05, 0) is 30.9 Å². The lowest BCUT2D eigenvalue weighted by Crippen LogP contribution is -2.49. The molecule has 1 saturated carbocycles. The summed E-state index contributed by atoms with van der Waals surface area (Å²) in [6, 6.07) is 2.92. The van der Waals surface area contributed by atoms with E-state index in [0.29, 0.717) is 12.5 Å². The van der Waals surface area contributed by atoms with Gasteiger partial charge in [-0.25, -0.2) is 8.42 Å². The van der Waals surface area contributed by atoms with E-state index < -0.39 is 10.0 Å². The summed E-state index contributed by atoms with van der Waals surface area (Å²) in [6.07, 6.45) is 8.45. The predicted octanol–water partition coefficient (Wildman–Crippen LogP) is 1.57. The molecule has 1 aliphatic rings. The Balaban J connectivity index is 0.00000312. The highest BCUT2D eigenvalue weighted by Gasteiger charge is 2.27. The van der Waals surface area contributed by atoms with Crippen molar-refractivity contribution in [2.24, 2.45) is 11.7 Å². The molecular weight excluding hydrogens is 399 g/mol. The number of hydrogen-bond donors (Lipinski definition) is 2. The maximum Gasteiger partial charge on any atom is 0.244 e. The normalized spacial score (nSPS) is 16.3. The molecule has 1 fully saturated rings. The van der Waals surface area contributed by atoms with E-state index in [1.807, 2.05) is 0 Å². The van der Waals surface area contributed by atoms with Gasteiger partial charge >= 0.3 is 0 Å².